The molecule has 0 bridgehead atoms. The summed E-state index contributed by atoms with van der Waals surface area (Å²) in [5.41, 5.74) is 0. The second-order valence-electron chi connectivity index (χ2n) is 4.27. The Hall–Kier alpha value is -2.35. The highest BCUT2D eigenvalue weighted by molar-refractivity contribution is 9.10. The lowest BCUT2D eigenvalue weighted by atomic mass is 10.3. The van der Waals surface area contributed by atoms with Crippen LogP contribution in [-0.4, -0.2) is 30.2 Å². The summed E-state index contributed by atoms with van der Waals surface area (Å²) in [6, 6.07) is 8.53. The van der Waals surface area contributed by atoms with Crippen molar-refractivity contribution in [1.82, 2.24) is 5.16 Å². The van der Waals surface area contributed by atoms with Crippen LogP contribution in [0, 0.1) is 6.92 Å². The number of ether oxygens (including phenoxy) is 2. The predicted molar refractivity (Wildman–Crippen MR) is 80.5 cm³/mol. The summed E-state index contributed by atoms with van der Waals surface area (Å²) < 4.78 is 15.7. The normalized spacial score (nSPS) is 10.1. The minimum Gasteiger partial charge on any atom is -0.482 e. The topological polar surface area (TPSA) is 90.7 Å². The molecule has 0 saturated carbocycles. The van der Waals surface area contributed by atoms with Gasteiger partial charge in [0.2, 0.25) is 0 Å². The fourth-order valence-electron chi connectivity index (χ4n) is 1.47. The van der Waals surface area contributed by atoms with E-state index < -0.39 is 18.5 Å². The van der Waals surface area contributed by atoms with Gasteiger partial charge in [0.1, 0.15) is 11.5 Å². The number of hydrogen-bond acceptors (Lipinski definition) is 6. The summed E-state index contributed by atoms with van der Waals surface area (Å²) in [6.07, 6.45) is 0. The van der Waals surface area contributed by atoms with Gasteiger partial charge in [-0.25, -0.2) is 4.79 Å². The van der Waals surface area contributed by atoms with Crippen molar-refractivity contribution in [1.29, 1.82) is 0 Å². The Kier molecular flexibility index (Phi) is 5.54. The Morgan fingerprint density at radius 2 is 2.00 bits per heavy atom. The number of aryl methyl sites for hydroxylation is 1. The van der Waals surface area contributed by atoms with E-state index in [4.69, 9.17) is 14.0 Å². The van der Waals surface area contributed by atoms with E-state index in [1.807, 2.05) is 0 Å². The molecule has 0 unspecified atom stereocenters. The molecule has 0 atom stereocenters. The van der Waals surface area contributed by atoms with E-state index in [0.29, 0.717) is 11.5 Å². The Bertz CT molecular complexity index is 654. The van der Waals surface area contributed by atoms with Gasteiger partial charge in [0, 0.05) is 10.5 Å². The Morgan fingerprint density at radius 1 is 1.27 bits per heavy atom. The molecule has 1 aromatic carbocycles. The van der Waals surface area contributed by atoms with Crippen molar-refractivity contribution in [3.63, 3.8) is 0 Å². The SMILES string of the molecule is Cc1cc(NC(=O)COC(=O)COc2ccc(Br)cc2)no1. The zero-order chi connectivity index (χ0) is 15.9. The molecule has 1 amide bonds. The highest BCUT2D eigenvalue weighted by atomic mass is 79.9. The molecule has 7 nitrogen and oxygen atoms in total. The zero-order valence-corrected chi connectivity index (χ0v) is 13.3. The first-order valence-corrected chi connectivity index (χ1v) is 7.09. The van der Waals surface area contributed by atoms with Gasteiger partial charge in [-0.3, -0.25) is 4.79 Å². The van der Waals surface area contributed by atoms with Crippen LogP contribution >= 0.6 is 15.9 Å². The van der Waals surface area contributed by atoms with Crippen LogP contribution in [0.4, 0.5) is 5.82 Å². The maximum absolute atomic E-state index is 11.5. The molecule has 8 heteroatoms. The van der Waals surface area contributed by atoms with Crippen LogP contribution in [0.3, 0.4) is 0 Å². The Morgan fingerprint density at radius 3 is 2.64 bits per heavy atom. The summed E-state index contributed by atoms with van der Waals surface area (Å²) in [7, 11) is 0. The zero-order valence-electron chi connectivity index (χ0n) is 11.7. The Balaban J connectivity index is 1.68. The molecule has 2 aromatic rings. The van der Waals surface area contributed by atoms with Crippen LogP contribution in [0.2, 0.25) is 0 Å². The van der Waals surface area contributed by atoms with Gasteiger partial charge in [0.25, 0.3) is 5.91 Å². The third-order valence-electron chi connectivity index (χ3n) is 2.43. The first-order valence-electron chi connectivity index (χ1n) is 6.30. The lowest BCUT2D eigenvalue weighted by molar-refractivity contribution is -0.149. The number of nitrogens with zero attached hydrogens (tertiary/aromatic N) is 1. The fourth-order valence-corrected chi connectivity index (χ4v) is 1.73. The van der Waals surface area contributed by atoms with Gasteiger partial charge in [-0.2, -0.15) is 0 Å². The van der Waals surface area contributed by atoms with Gasteiger partial charge >= 0.3 is 5.97 Å². The summed E-state index contributed by atoms with van der Waals surface area (Å²) in [4.78, 5) is 23.0. The van der Waals surface area contributed by atoms with E-state index >= 15 is 0 Å². The number of hydrogen-bond donors (Lipinski definition) is 1. The average molecular weight is 369 g/mol. The van der Waals surface area contributed by atoms with Gasteiger partial charge in [-0.15, -0.1) is 0 Å². The third-order valence-corrected chi connectivity index (χ3v) is 2.96. The lowest BCUT2D eigenvalue weighted by Crippen LogP contribution is -2.23. The van der Waals surface area contributed by atoms with Crippen LogP contribution in [0.1, 0.15) is 5.76 Å². The van der Waals surface area contributed by atoms with E-state index in [2.05, 4.69) is 26.4 Å². The van der Waals surface area contributed by atoms with Crippen LogP contribution in [-0.2, 0) is 14.3 Å². The monoisotopic (exact) mass is 368 g/mol. The van der Waals surface area contributed by atoms with Gasteiger partial charge in [-0.1, -0.05) is 21.1 Å². The number of esters is 1. The van der Waals surface area contributed by atoms with E-state index in [-0.39, 0.29) is 12.4 Å². The number of anilines is 1. The van der Waals surface area contributed by atoms with Crippen molar-refractivity contribution >= 4 is 33.6 Å². The number of benzene rings is 1. The molecule has 1 N–H and O–H groups in total. The van der Waals surface area contributed by atoms with Crippen molar-refractivity contribution in [2.24, 2.45) is 0 Å². The maximum Gasteiger partial charge on any atom is 0.344 e. The minimum atomic E-state index is -0.644. The van der Waals surface area contributed by atoms with Crippen molar-refractivity contribution in [3.05, 3.63) is 40.6 Å². The van der Waals surface area contributed by atoms with Crippen molar-refractivity contribution in [2.45, 2.75) is 6.92 Å². The van der Waals surface area contributed by atoms with Gasteiger partial charge in [0.15, 0.2) is 19.0 Å². The number of nitrogens with one attached hydrogen (secondary N) is 1. The number of halogens is 1. The quantitative estimate of drug-likeness (QED) is 0.786. The summed E-state index contributed by atoms with van der Waals surface area (Å²) in [5.74, 6) is 0.210. The lowest BCUT2D eigenvalue weighted by Gasteiger charge is -2.06. The smallest absolute Gasteiger partial charge is 0.344 e. The maximum atomic E-state index is 11.5. The molecule has 1 heterocycles. The number of rotatable bonds is 6. The van der Waals surface area contributed by atoms with E-state index in [9.17, 15) is 9.59 Å². The highest BCUT2D eigenvalue weighted by Gasteiger charge is 2.10. The fraction of sp³-hybridized carbons (Fsp3) is 0.214. The van der Waals surface area contributed by atoms with Crippen LogP contribution in [0.15, 0.2) is 39.3 Å². The molecule has 22 heavy (non-hydrogen) atoms. The molecular weight excluding hydrogens is 356 g/mol. The van der Waals surface area contributed by atoms with Crippen molar-refractivity contribution < 1.29 is 23.6 Å². The highest BCUT2D eigenvalue weighted by Crippen LogP contribution is 2.15. The first kappa shape index (κ1) is 16.0. The minimum absolute atomic E-state index is 0.268. The van der Waals surface area contributed by atoms with E-state index in [0.717, 1.165) is 4.47 Å². The third kappa shape index (κ3) is 5.21. The standard InChI is InChI=1S/C14H13BrN2O5/c1-9-6-12(17-22-9)16-13(18)7-21-14(19)8-20-11-4-2-10(15)3-5-11/h2-6H,7-8H2,1H3,(H,16,17,18). The summed E-state index contributed by atoms with van der Waals surface area (Å²) >= 11 is 3.29. The summed E-state index contributed by atoms with van der Waals surface area (Å²) in [6.45, 7) is 0.995. The second kappa shape index (κ2) is 7.60. The predicted octanol–water partition coefficient (Wildman–Crippen LogP) is 2.31. The van der Waals surface area contributed by atoms with Gasteiger partial charge in [0.05, 0.1) is 0 Å². The summed E-state index contributed by atoms with van der Waals surface area (Å²) in [5, 5.41) is 6.02. The van der Waals surface area contributed by atoms with Crippen molar-refractivity contribution in [3.8, 4) is 5.75 Å². The second-order valence-corrected chi connectivity index (χ2v) is 5.19. The molecule has 0 saturated heterocycles. The molecule has 116 valence electrons. The molecule has 2 rings (SSSR count). The number of amides is 1. The molecule has 1 aromatic heterocycles. The number of carbonyl (C=O) groups is 2. The first-order chi connectivity index (χ1) is 10.5. The average Bonchev–Trinajstić information content (AvgIpc) is 2.89. The largest absolute Gasteiger partial charge is 0.482 e. The van der Waals surface area contributed by atoms with Crippen LogP contribution in [0.25, 0.3) is 0 Å². The van der Waals surface area contributed by atoms with Gasteiger partial charge in [-0.05, 0) is 31.2 Å². The molecule has 0 aliphatic heterocycles. The van der Waals surface area contributed by atoms with Crippen LogP contribution in [0.5, 0.6) is 5.75 Å². The number of carbonyl (C=O) groups excluding carboxylic acids is 2. The Labute approximate surface area is 134 Å². The molecule has 0 aliphatic carbocycles. The number of aromatic nitrogens is 1. The molecular formula is C14H13BrN2O5. The molecule has 0 aliphatic rings. The van der Waals surface area contributed by atoms with Crippen molar-refractivity contribution in [2.75, 3.05) is 18.5 Å². The molecule has 0 fully saturated rings. The molecule has 0 radical (unpaired) electrons. The van der Waals surface area contributed by atoms with E-state index in [1.54, 1.807) is 37.3 Å². The van der Waals surface area contributed by atoms with E-state index in [1.165, 1.54) is 0 Å². The van der Waals surface area contributed by atoms with Crippen LogP contribution < -0.4 is 10.1 Å². The molecule has 0 spiro atoms. The van der Waals surface area contributed by atoms with Gasteiger partial charge < -0.3 is 19.3 Å².